The van der Waals surface area contributed by atoms with Crippen molar-refractivity contribution in [3.63, 3.8) is 0 Å². The van der Waals surface area contributed by atoms with Crippen LogP contribution in [0.2, 0.25) is 0 Å². The summed E-state index contributed by atoms with van der Waals surface area (Å²) in [6.45, 7) is 5.74. The van der Waals surface area contributed by atoms with Gasteiger partial charge in [0.25, 0.3) is 5.91 Å². The molecule has 2 aromatic carbocycles. The van der Waals surface area contributed by atoms with E-state index in [1.54, 1.807) is 31.2 Å². The molecule has 0 fully saturated rings. The zero-order chi connectivity index (χ0) is 19.4. The number of nitrogens with one attached hydrogen (secondary N) is 2. The maximum absolute atomic E-state index is 12.6. The molecule has 0 radical (unpaired) electrons. The summed E-state index contributed by atoms with van der Waals surface area (Å²) in [5.41, 5.74) is 4.50. The predicted octanol–water partition coefficient (Wildman–Crippen LogP) is 4.27. The summed E-state index contributed by atoms with van der Waals surface area (Å²) < 4.78 is 0. The normalized spacial score (nSPS) is 10.1. The lowest BCUT2D eigenvalue weighted by molar-refractivity contribution is 0.102. The first-order valence-electron chi connectivity index (χ1n) is 8.46. The van der Waals surface area contributed by atoms with Gasteiger partial charge in [0.15, 0.2) is 0 Å². The lowest BCUT2D eigenvalue weighted by Gasteiger charge is -2.10. The number of nitriles is 1. The van der Waals surface area contributed by atoms with Gasteiger partial charge >= 0.3 is 0 Å². The Hall–Kier alpha value is -3.72. The number of rotatable bonds is 4. The number of aromatic nitrogens is 2. The van der Waals surface area contributed by atoms with E-state index in [1.807, 2.05) is 38.1 Å². The van der Waals surface area contributed by atoms with Crippen molar-refractivity contribution in [1.29, 1.82) is 5.26 Å². The van der Waals surface area contributed by atoms with Crippen LogP contribution in [0.5, 0.6) is 0 Å². The van der Waals surface area contributed by atoms with Crippen LogP contribution in [0.4, 0.5) is 17.2 Å². The molecule has 27 heavy (non-hydrogen) atoms. The Morgan fingerprint density at radius 2 is 1.78 bits per heavy atom. The predicted molar refractivity (Wildman–Crippen MR) is 105 cm³/mol. The summed E-state index contributed by atoms with van der Waals surface area (Å²) in [6.07, 6.45) is 0. The van der Waals surface area contributed by atoms with E-state index in [2.05, 4.69) is 26.7 Å². The summed E-state index contributed by atoms with van der Waals surface area (Å²) >= 11 is 0. The summed E-state index contributed by atoms with van der Waals surface area (Å²) in [4.78, 5) is 21.1. The molecule has 0 aliphatic carbocycles. The number of hydrogen-bond donors (Lipinski definition) is 2. The van der Waals surface area contributed by atoms with Crippen LogP contribution in [-0.4, -0.2) is 15.9 Å². The lowest BCUT2D eigenvalue weighted by Crippen LogP contribution is -2.15. The number of benzene rings is 2. The number of anilines is 3. The average Bonchev–Trinajstić information content (AvgIpc) is 2.64. The molecular formula is C21H19N5O. The molecule has 1 amide bonds. The van der Waals surface area contributed by atoms with Gasteiger partial charge in [0.05, 0.1) is 11.6 Å². The van der Waals surface area contributed by atoms with Gasteiger partial charge in [0.2, 0.25) is 0 Å². The number of nitrogens with zero attached hydrogens (tertiary/aromatic N) is 3. The van der Waals surface area contributed by atoms with E-state index in [9.17, 15) is 4.79 Å². The van der Waals surface area contributed by atoms with Crippen LogP contribution in [0.15, 0.2) is 48.5 Å². The first kappa shape index (κ1) is 18.1. The number of carbonyl (C=O) groups is 1. The highest BCUT2D eigenvalue weighted by Gasteiger charge is 2.12. The molecule has 3 rings (SSSR count). The minimum atomic E-state index is -0.308. The molecule has 0 unspecified atom stereocenters. The molecule has 1 aromatic heterocycles. The van der Waals surface area contributed by atoms with Gasteiger partial charge in [0.1, 0.15) is 17.3 Å². The third kappa shape index (κ3) is 4.47. The number of carbonyl (C=O) groups excluding carboxylic acids is 1. The number of amides is 1. The largest absolute Gasteiger partial charge is 0.340 e. The van der Waals surface area contributed by atoms with Crippen molar-refractivity contribution >= 4 is 23.1 Å². The molecule has 0 saturated heterocycles. The zero-order valence-electron chi connectivity index (χ0n) is 15.4. The van der Waals surface area contributed by atoms with Crippen molar-refractivity contribution in [3.8, 4) is 6.07 Å². The standard InChI is InChI=1S/C21H19N5O/c1-13-7-8-18(9-14(13)2)26-21(27)19-11-20(24-15(3)23-19)25-17-6-4-5-16(10-17)12-22/h4-11H,1-3H3,(H,26,27)(H,23,24,25). The fourth-order valence-corrected chi connectivity index (χ4v) is 2.58. The first-order chi connectivity index (χ1) is 12.9. The first-order valence-corrected chi connectivity index (χ1v) is 8.46. The van der Waals surface area contributed by atoms with Crippen molar-refractivity contribution in [3.05, 3.63) is 76.7 Å². The minimum Gasteiger partial charge on any atom is -0.340 e. The van der Waals surface area contributed by atoms with Gasteiger partial charge in [-0.15, -0.1) is 0 Å². The molecule has 6 heteroatoms. The fraction of sp³-hybridized carbons (Fsp3) is 0.143. The van der Waals surface area contributed by atoms with Gasteiger partial charge in [-0.2, -0.15) is 5.26 Å². The topological polar surface area (TPSA) is 90.7 Å². The molecule has 3 aromatic rings. The highest BCUT2D eigenvalue weighted by Crippen LogP contribution is 2.18. The van der Waals surface area contributed by atoms with Crippen LogP contribution in [0, 0.1) is 32.1 Å². The van der Waals surface area contributed by atoms with Gasteiger partial charge in [-0.3, -0.25) is 4.79 Å². The maximum atomic E-state index is 12.6. The molecule has 0 spiro atoms. The maximum Gasteiger partial charge on any atom is 0.274 e. The van der Waals surface area contributed by atoms with Gasteiger partial charge in [0, 0.05) is 17.4 Å². The SMILES string of the molecule is Cc1nc(Nc2cccc(C#N)c2)cc(C(=O)Nc2ccc(C)c(C)c2)n1. The zero-order valence-corrected chi connectivity index (χ0v) is 15.4. The molecule has 0 saturated carbocycles. The number of aryl methyl sites for hydroxylation is 3. The molecule has 2 N–H and O–H groups in total. The quantitative estimate of drug-likeness (QED) is 0.728. The average molecular weight is 357 g/mol. The van der Waals surface area contributed by atoms with Crippen molar-refractivity contribution in [2.75, 3.05) is 10.6 Å². The van der Waals surface area contributed by atoms with E-state index in [4.69, 9.17) is 5.26 Å². The monoisotopic (exact) mass is 357 g/mol. The van der Waals surface area contributed by atoms with E-state index in [0.717, 1.165) is 16.8 Å². The Balaban J connectivity index is 1.82. The smallest absolute Gasteiger partial charge is 0.274 e. The molecule has 1 heterocycles. The van der Waals surface area contributed by atoms with Crippen LogP contribution >= 0.6 is 0 Å². The summed E-state index contributed by atoms with van der Waals surface area (Å²) in [7, 11) is 0. The van der Waals surface area contributed by atoms with Crippen molar-refractivity contribution in [2.45, 2.75) is 20.8 Å². The molecule has 0 bridgehead atoms. The molecule has 0 atom stereocenters. The van der Waals surface area contributed by atoms with E-state index >= 15 is 0 Å². The molecule has 134 valence electrons. The Bertz CT molecular complexity index is 1050. The Morgan fingerprint density at radius 3 is 2.52 bits per heavy atom. The minimum absolute atomic E-state index is 0.264. The molecular weight excluding hydrogens is 338 g/mol. The Kier molecular flexibility index (Phi) is 5.13. The van der Waals surface area contributed by atoms with Gasteiger partial charge < -0.3 is 10.6 Å². The van der Waals surface area contributed by atoms with Crippen LogP contribution in [0.1, 0.15) is 33.0 Å². The third-order valence-electron chi connectivity index (χ3n) is 4.10. The highest BCUT2D eigenvalue weighted by atomic mass is 16.1. The van der Waals surface area contributed by atoms with Crippen LogP contribution in [-0.2, 0) is 0 Å². The number of hydrogen-bond acceptors (Lipinski definition) is 5. The van der Waals surface area contributed by atoms with Crippen molar-refractivity contribution in [2.24, 2.45) is 0 Å². The van der Waals surface area contributed by atoms with E-state index in [1.165, 1.54) is 0 Å². The van der Waals surface area contributed by atoms with Crippen LogP contribution in [0.3, 0.4) is 0 Å². The molecule has 0 aliphatic rings. The van der Waals surface area contributed by atoms with Gasteiger partial charge in [-0.05, 0) is 62.2 Å². The molecule has 0 aliphatic heterocycles. The second kappa shape index (κ2) is 7.67. The van der Waals surface area contributed by atoms with Crippen LogP contribution in [0.25, 0.3) is 0 Å². The van der Waals surface area contributed by atoms with Gasteiger partial charge in [-0.25, -0.2) is 9.97 Å². The van der Waals surface area contributed by atoms with Gasteiger partial charge in [-0.1, -0.05) is 12.1 Å². The highest BCUT2D eigenvalue weighted by molar-refractivity contribution is 6.03. The second-order valence-corrected chi connectivity index (χ2v) is 6.26. The van der Waals surface area contributed by atoms with E-state index in [0.29, 0.717) is 22.9 Å². The lowest BCUT2D eigenvalue weighted by atomic mass is 10.1. The van der Waals surface area contributed by atoms with E-state index < -0.39 is 0 Å². The van der Waals surface area contributed by atoms with E-state index in [-0.39, 0.29) is 11.6 Å². The fourth-order valence-electron chi connectivity index (χ4n) is 2.58. The van der Waals surface area contributed by atoms with Crippen molar-refractivity contribution in [1.82, 2.24) is 9.97 Å². The Labute approximate surface area is 157 Å². The van der Waals surface area contributed by atoms with Crippen molar-refractivity contribution < 1.29 is 4.79 Å². The molecule has 6 nitrogen and oxygen atoms in total. The summed E-state index contributed by atoms with van der Waals surface area (Å²) in [6, 6.07) is 16.5. The van der Waals surface area contributed by atoms with Crippen LogP contribution < -0.4 is 10.6 Å². The Morgan fingerprint density at radius 1 is 0.963 bits per heavy atom. The summed E-state index contributed by atoms with van der Waals surface area (Å²) in [5.74, 6) is 0.655. The third-order valence-corrected chi connectivity index (χ3v) is 4.10. The second-order valence-electron chi connectivity index (χ2n) is 6.26. The summed E-state index contributed by atoms with van der Waals surface area (Å²) in [5, 5.41) is 15.0.